The number of nitrogens with zero attached hydrogens (tertiary/aromatic N) is 3. The summed E-state index contributed by atoms with van der Waals surface area (Å²) in [7, 11) is 0. The predicted molar refractivity (Wildman–Crippen MR) is 100 cm³/mol. The van der Waals surface area contributed by atoms with Crippen LogP contribution in [-0.4, -0.2) is 28.4 Å². The summed E-state index contributed by atoms with van der Waals surface area (Å²) in [4.78, 5) is 15.8. The van der Waals surface area contributed by atoms with E-state index in [1.807, 2.05) is 51.7 Å². The lowest BCUT2D eigenvalue weighted by atomic mass is 10.2. The number of aryl methyl sites for hydroxylation is 1. The van der Waals surface area contributed by atoms with Gasteiger partial charge in [-0.1, -0.05) is 12.1 Å². The molecule has 128 valence electrons. The molecule has 0 saturated heterocycles. The van der Waals surface area contributed by atoms with E-state index >= 15 is 0 Å². The van der Waals surface area contributed by atoms with Crippen molar-refractivity contribution in [3.8, 4) is 11.5 Å². The van der Waals surface area contributed by atoms with E-state index in [0.717, 1.165) is 30.0 Å². The molecule has 0 unspecified atom stereocenters. The molecule has 0 radical (unpaired) electrons. The van der Waals surface area contributed by atoms with Crippen LogP contribution in [0.3, 0.4) is 0 Å². The second kappa shape index (κ2) is 7.41. The third-order valence-corrected chi connectivity index (χ3v) is 5.86. The van der Waals surface area contributed by atoms with Crippen LogP contribution in [0.2, 0.25) is 0 Å². The van der Waals surface area contributed by atoms with Crippen molar-refractivity contribution < 1.29 is 9.21 Å². The Labute approximate surface area is 154 Å². The predicted octanol–water partition coefficient (Wildman–Crippen LogP) is 4.26. The number of carbonyl (C=O) groups is 1. The van der Waals surface area contributed by atoms with Gasteiger partial charge in [-0.3, -0.25) is 4.79 Å². The average molecular weight is 371 g/mol. The highest BCUT2D eigenvalue weighted by molar-refractivity contribution is 7.99. The minimum absolute atomic E-state index is 0.102. The summed E-state index contributed by atoms with van der Waals surface area (Å²) in [6.45, 7) is 0.757. The van der Waals surface area contributed by atoms with Crippen LogP contribution >= 0.6 is 23.1 Å². The first-order valence-electron chi connectivity index (χ1n) is 8.18. The Morgan fingerprint density at radius 2 is 2.16 bits per heavy atom. The second-order valence-corrected chi connectivity index (χ2v) is 7.64. The maximum absolute atomic E-state index is 12.8. The number of benzene rings is 1. The Kier molecular flexibility index (Phi) is 4.85. The Bertz CT molecular complexity index is 861. The van der Waals surface area contributed by atoms with Crippen LogP contribution in [-0.2, 0) is 11.2 Å². The Balaban J connectivity index is 1.44. The zero-order valence-corrected chi connectivity index (χ0v) is 15.2. The van der Waals surface area contributed by atoms with Gasteiger partial charge in [0.2, 0.25) is 17.7 Å². The number of hydrogen-bond acceptors (Lipinski definition) is 6. The Hall–Kier alpha value is -2.12. The molecule has 25 heavy (non-hydrogen) atoms. The number of aromatic nitrogens is 2. The van der Waals surface area contributed by atoms with Crippen molar-refractivity contribution in [3.63, 3.8) is 0 Å². The van der Waals surface area contributed by atoms with E-state index in [1.54, 1.807) is 11.3 Å². The fraction of sp³-hybridized carbons (Fsp3) is 0.278. The van der Waals surface area contributed by atoms with E-state index in [1.165, 1.54) is 4.90 Å². The molecule has 0 atom stereocenters. The third kappa shape index (κ3) is 3.62. The first-order valence-corrected chi connectivity index (χ1v) is 10.1. The van der Waals surface area contributed by atoms with E-state index in [9.17, 15) is 4.79 Å². The van der Waals surface area contributed by atoms with Crippen LogP contribution in [0.25, 0.3) is 11.5 Å². The Morgan fingerprint density at radius 1 is 1.24 bits per heavy atom. The number of thioether (sulfide) groups is 1. The zero-order valence-electron chi connectivity index (χ0n) is 13.6. The van der Waals surface area contributed by atoms with E-state index in [2.05, 4.69) is 16.3 Å². The maximum Gasteiger partial charge on any atom is 0.248 e. The maximum atomic E-state index is 12.8. The molecule has 0 saturated carbocycles. The topological polar surface area (TPSA) is 59.2 Å². The van der Waals surface area contributed by atoms with Gasteiger partial charge in [0.15, 0.2) is 0 Å². The van der Waals surface area contributed by atoms with Crippen molar-refractivity contribution in [2.75, 3.05) is 17.2 Å². The molecular formula is C18H17N3O2S2. The van der Waals surface area contributed by atoms with Gasteiger partial charge in [0.1, 0.15) is 0 Å². The normalized spacial score (nSPS) is 14.2. The molecule has 2 aromatic heterocycles. The molecule has 0 bridgehead atoms. The summed E-state index contributed by atoms with van der Waals surface area (Å²) in [5, 5.41) is 12.1. The van der Waals surface area contributed by atoms with Crippen LogP contribution in [0, 0.1) is 0 Å². The van der Waals surface area contributed by atoms with Crippen LogP contribution < -0.4 is 4.90 Å². The van der Waals surface area contributed by atoms with Crippen LogP contribution in [0.1, 0.15) is 18.7 Å². The number of rotatable bonds is 4. The summed E-state index contributed by atoms with van der Waals surface area (Å²) in [6, 6.07) is 10.0. The smallest absolute Gasteiger partial charge is 0.248 e. The number of anilines is 1. The summed E-state index contributed by atoms with van der Waals surface area (Å²) in [5.74, 6) is 2.16. The summed E-state index contributed by atoms with van der Waals surface area (Å²) < 4.78 is 5.67. The highest BCUT2D eigenvalue weighted by Crippen LogP contribution is 2.34. The molecule has 3 aromatic rings. The summed E-state index contributed by atoms with van der Waals surface area (Å²) >= 11 is 3.40. The van der Waals surface area contributed by atoms with Crippen molar-refractivity contribution >= 4 is 34.7 Å². The van der Waals surface area contributed by atoms with Gasteiger partial charge in [-0.05, 0) is 35.8 Å². The van der Waals surface area contributed by atoms with Gasteiger partial charge in [0.25, 0.3) is 0 Å². The molecule has 1 aromatic carbocycles. The molecule has 0 N–H and O–H groups in total. The number of hydrogen-bond donors (Lipinski definition) is 0. The first-order chi connectivity index (χ1) is 12.3. The van der Waals surface area contributed by atoms with Crippen molar-refractivity contribution in [3.05, 3.63) is 47.0 Å². The average Bonchev–Trinajstić information content (AvgIpc) is 3.27. The first kappa shape index (κ1) is 16.4. The molecule has 1 amide bonds. The Morgan fingerprint density at radius 3 is 3.04 bits per heavy atom. The highest BCUT2D eigenvalue weighted by atomic mass is 32.2. The molecule has 1 aliphatic rings. The molecule has 4 rings (SSSR count). The fourth-order valence-electron chi connectivity index (χ4n) is 2.79. The molecule has 0 spiro atoms. The number of thiophene rings is 1. The van der Waals surface area contributed by atoms with E-state index < -0.39 is 0 Å². The van der Waals surface area contributed by atoms with Crippen molar-refractivity contribution in [2.24, 2.45) is 0 Å². The van der Waals surface area contributed by atoms with Crippen LogP contribution in [0.4, 0.5) is 5.69 Å². The van der Waals surface area contributed by atoms with Crippen molar-refractivity contribution in [1.29, 1.82) is 0 Å². The van der Waals surface area contributed by atoms with Crippen molar-refractivity contribution in [1.82, 2.24) is 10.2 Å². The molecule has 1 aliphatic heterocycles. The fourth-order valence-corrected chi connectivity index (χ4v) is 4.42. The minimum atomic E-state index is 0.102. The lowest BCUT2D eigenvalue weighted by molar-refractivity contribution is -0.118. The third-order valence-electron chi connectivity index (χ3n) is 4.03. The van der Waals surface area contributed by atoms with Gasteiger partial charge in [0.05, 0.1) is 5.69 Å². The summed E-state index contributed by atoms with van der Waals surface area (Å²) in [6.07, 6.45) is 1.82. The lowest BCUT2D eigenvalue weighted by Crippen LogP contribution is -2.32. The molecule has 5 nitrogen and oxygen atoms in total. The highest BCUT2D eigenvalue weighted by Gasteiger charge is 2.21. The van der Waals surface area contributed by atoms with E-state index in [0.29, 0.717) is 24.6 Å². The molecular weight excluding hydrogens is 354 g/mol. The van der Waals surface area contributed by atoms with Gasteiger partial charge in [-0.15, -0.1) is 22.0 Å². The summed E-state index contributed by atoms with van der Waals surface area (Å²) in [5.41, 5.74) is 1.94. The largest absolute Gasteiger partial charge is 0.421 e. The molecule has 3 heterocycles. The number of amides is 1. The van der Waals surface area contributed by atoms with Crippen LogP contribution in [0.5, 0.6) is 0 Å². The lowest BCUT2D eigenvalue weighted by Gasteiger charge is -2.22. The van der Waals surface area contributed by atoms with E-state index in [-0.39, 0.29) is 5.91 Å². The quantitative estimate of drug-likeness (QED) is 0.686. The number of carbonyl (C=O) groups excluding carboxylic acids is 1. The monoisotopic (exact) mass is 371 g/mol. The molecule has 0 fully saturated rings. The molecule has 0 aliphatic carbocycles. The molecule has 7 heteroatoms. The second-order valence-electron chi connectivity index (χ2n) is 5.73. The number of para-hydroxylation sites is 1. The minimum Gasteiger partial charge on any atom is -0.421 e. The van der Waals surface area contributed by atoms with Crippen LogP contribution in [0.15, 0.2) is 50.4 Å². The van der Waals surface area contributed by atoms with Gasteiger partial charge in [-0.2, -0.15) is 11.3 Å². The van der Waals surface area contributed by atoms with Crippen molar-refractivity contribution in [2.45, 2.75) is 24.2 Å². The van der Waals surface area contributed by atoms with Gasteiger partial charge in [-0.25, -0.2) is 0 Å². The zero-order chi connectivity index (χ0) is 17.1. The number of fused-ring (bicyclic) bond motifs is 1. The standard InChI is InChI=1S/C18H17N3O2S2/c22-17(21-9-3-10-25-15-5-2-1-4-14(15)21)7-6-16-19-20-18(23-16)13-8-11-24-12-13/h1-2,4-5,8,11-12H,3,6-7,9-10H2. The van der Waals surface area contributed by atoms with Gasteiger partial charge in [0, 0.05) is 35.2 Å². The SMILES string of the molecule is O=C(CCc1nnc(-c2ccsc2)o1)N1CCCSc2ccccc21. The van der Waals surface area contributed by atoms with Gasteiger partial charge < -0.3 is 9.32 Å². The van der Waals surface area contributed by atoms with Gasteiger partial charge >= 0.3 is 0 Å². The van der Waals surface area contributed by atoms with E-state index in [4.69, 9.17) is 4.42 Å².